The zero-order chi connectivity index (χ0) is 5.28. The fourth-order valence-corrected chi connectivity index (χ4v) is 1.18. The van der Waals surface area contributed by atoms with Gasteiger partial charge in [0.2, 0.25) is 0 Å². The van der Waals surface area contributed by atoms with Crippen LogP contribution in [-0.4, -0.2) is 0 Å². The number of hydrogen-bond acceptors (Lipinski definition) is 3. The Morgan fingerprint density at radius 3 is 2.57 bits per heavy atom. The Hall–Kier alpha value is -0.150. The second-order valence-electron chi connectivity index (χ2n) is 1.22. The van der Waals surface area contributed by atoms with Crippen molar-refractivity contribution in [3.63, 3.8) is 0 Å². The average molecular weight is 131 g/mol. The first kappa shape index (κ1) is 5.00. The summed E-state index contributed by atoms with van der Waals surface area (Å²) in [6.45, 7) is 0. The number of anilines is 1. The molecule has 2 N–H and O–H groups in total. The molecule has 0 bridgehead atoms. The first-order valence-electron chi connectivity index (χ1n) is 1.82. The van der Waals surface area contributed by atoms with E-state index in [1.165, 1.54) is 0 Å². The van der Waals surface area contributed by atoms with Gasteiger partial charge < -0.3 is 5.73 Å². The highest BCUT2D eigenvalue weighted by Gasteiger charge is 1.85. The first-order chi connectivity index (χ1) is 3.29. The predicted molar refractivity (Wildman–Crippen MR) is 36.0 cm³/mol. The third-order valence-corrected chi connectivity index (χ3v) is 1.80. The zero-order valence-corrected chi connectivity index (χ0v) is 5.30. The average Bonchev–Trinajstić information content (AvgIpc) is 1.87. The molecule has 1 rings (SSSR count). The maximum Gasteiger partial charge on any atom is 0.0589 e. The van der Waals surface area contributed by atoms with E-state index in [4.69, 9.17) is 5.73 Å². The van der Waals surface area contributed by atoms with E-state index in [1.54, 1.807) is 11.3 Å². The Labute approximate surface area is 51.6 Å². The summed E-state index contributed by atoms with van der Waals surface area (Å²) in [5, 5.41) is 1.86. The molecule has 0 saturated carbocycles. The van der Waals surface area contributed by atoms with Crippen LogP contribution in [0.2, 0.25) is 0 Å². The number of nitrogens with two attached hydrogens (primary N) is 1. The van der Waals surface area contributed by atoms with Gasteiger partial charge in [-0.2, -0.15) is 0 Å². The van der Waals surface area contributed by atoms with E-state index in [0.29, 0.717) is 0 Å². The van der Waals surface area contributed by atoms with Gasteiger partial charge in [-0.15, -0.1) is 24.0 Å². The van der Waals surface area contributed by atoms with Crippen LogP contribution in [-0.2, 0) is 0 Å². The van der Waals surface area contributed by atoms with Gasteiger partial charge in [0.25, 0.3) is 0 Å². The molecule has 38 valence electrons. The first-order valence-corrected chi connectivity index (χ1v) is 3.15. The van der Waals surface area contributed by atoms with Gasteiger partial charge in [-0.25, -0.2) is 0 Å². The predicted octanol–water partition coefficient (Wildman–Crippen LogP) is 1.62. The van der Waals surface area contributed by atoms with Crippen molar-refractivity contribution >= 4 is 29.7 Å². The molecule has 1 aromatic rings. The van der Waals surface area contributed by atoms with Crippen molar-refractivity contribution in [2.75, 3.05) is 5.73 Å². The second-order valence-corrected chi connectivity index (χ2v) is 2.91. The van der Waals surface area contributed by atoms with Crippen molar-refractivity contribution < 1.29 is 0 Å². The Bertz CT molecular complexity index is 142. The normalized spacial score (nSPS) is 9.29. The van der Waals surface area contributed by atoms with Gasteiger partial charge in [-0.3, -0.25) is 0 Å². The Morgan fingerprint density at radius 1 is 1.71 bits per heavy atom. The number of rotatable bonds is 0. The van der Waals surface area contributed by atoms with Crippen LogP contribution in [0.15, 0.2) is 15.7 Å². The lowest BCUT2D eigenvalue weighted by atomic mass is 10.6. The minimum Gasteiger partial charge on any atom is -0.398 e. The van der Waals surface area contributed by atoms with Crippen LogP contribution in [0.3, 0.4) is 0 Å². The van der Waals surface area contributed by atoms with Crippen molar-refractivity contribution in [1.82, 2.24) is 0 Å². The monoisotopic (exact) mass is 131 g/mol. The molecule has 0 aliphatic carbocycles. The van der Waals surface area contributed by atoms with E-state index in [2.05, 4.69) is 12.6 Å². The van der Waals surface area contributed by atoms with Crippen LogP contribution in [0.1, 0.15) is 0 Å². The van der Waals surface area contributed by atoms with E-state index in [1.807, 2.05) is 11.4 Å². The minimum atomic E-state index is 0.801. The molecule has 0 fully saturated rings. The van der Waals surface area contributed by atoms with Gasteiger partial charge in [0, 0.05) is 11.1 Å². The van der Waals surface area contributed by atoms with Crippen molar-refractivity contribution in [2.24, 2.45) is 0 Å². The van der Waals surface area contributed by atoms with Gasteiger partial charge in [-0.05, 0) is 6.07 Å². The smallest absolute Gasteiger partial charge is 0.0589 e. The summed E-state index contributed by atoms with van der Waals surface area (Å²) < 4.78 is 0.970. The van der Waals surface area contributed by atoms with Crippen LogP contribution in [0.5, 0.6) is 0 Å². The third kappa shape index (κ3) is 1.11. The maximum atomic E-state index is 5.34. The fraction of sp³-hybridized carbons (Fsp3) is 0. The standard InChI is InChI=1S/C4H5NS2/c5-3-1-4(6)7-2-3/h1-2,6H,5H2. The topological polar surface area (TPSA) is 26.0 Å². The summed E-state index contributed by atoms with van der Waals surface area (Å²) in [6.07, 6.45) is 0. The molecular formula is C4H5NS2. The molecule has 0 aliphatic rings. The molecule has 7 heavy (non-hydrogen) atoms. The van der Waals surface area contributed by atoms with Crippen LogP contribution in [0.4, 0.5) is 5.69 Å². The zero-order valence-electron chi connectivity index (χ0n) is 3.59. The van der Waals surface area contributed by atoms with Gasteiger partial charge >= 0.3 is 0 Å². The summed E-state index contributed by atoms with van der Waals surface area (Å²) in [4.78, 5) is 0. The molecule has 1 nitrogen and oxygen atoms in total. The van der Waals surface area contributed by atoms with Crippen molar-refractivity contribution in [1.29, 1.82) is 0 Å². The largest absolute Gasteiger partial charge is 0.398 e. The second kappa shape index (κ2) is 1.76. The number of thiophene rings is 1. The van der Waals surface area contributed by atoms with E-state index in [0.717, 1.165) is 9.90 Å². The molecular weight excluding hydrogens is 126 g/mol. The summed E-state index contributed by atoms with van der Waals surface area (Å²) in [5.41, 5.74) is 6.14. The highest BCUT2D eigenvalue weighted by molar-refractivity contribution is 7.82. The molecule has 0 atom stereocenters. The van der Waals surface area contributed by atoms with E-state index in [-0.39, 0.29) is 0 Å². The highest BCUT2D eigenvalue weighted by Crippen LogP contribution is 2.18. The fourth-order valence-electron chi connectivity index (χ4n) is 0.339. The lowest BCUT2D eigenvalue weighted by Gasteiger charge is -1.71. The third-order valence-electron chi connectivity index (χ3n) is 0.606. The maximum absolute atomic E-state index is 5.34. The SMILES string of the molecule is Nc1csc(S)c1. The van der Waals surface area contributed by atoms with Crippen molar-refractivity contribution in [3.05, 3.63) is 11.4 Å². The highest BCUT2D eigenvalue weighted by atomic mass is 32.2. The summed E-state index contributed by atoms with van der Waals surface area (Å²) in [5.74, 6) is 0. The minimum absolute atomic E-state index is 0.801. The molecule has 0 aliphatic heterocycles. The van der Waals surface area contributed by atoms with Gasteiger partial charge in [0.15, 0.2) is 0 Å². The van der Waals surface area contributed by atoms with Gasteiger partial charge in [-0.1, -0.05) is 0 Å². The molecule has 0 amide bonds. The van der Waals surface area contributed by atoms with Crippen molar-refractivity contribution in [3.8, 4) is 0 Å². The quantitative estimate of drug-likeness (QED) is 0.514. The van der Waals surface area contributed by atoms with E-state index < -0.39 is 0 Å². The molecule has 0 aromatic carbocycles. The lowest BCUT2D eigenvalue weighted by molar-refractivity contribution is 1.74. The number of thiol groups is 1. The molecule has 0 spiro atoms. The molecule has 1 heterocycles. The molecule has 0 radical (unpaired) electrons. The van der Waals surface area contributed by atoms with E-state index in [9.17, 15) is 0 Å². The summed E-state index contributed by atoms with van der Waals surface area (Å²) in [6, 6.07) is 1.83. The van der Waals surface area contributed by atoms with E-state index >= 15 is 0 Å². The Balaban J connectivity index is 3.04. The van der Waals surface area contributed by atoms with Crippen LogP contribution >= 0.6 is 24.0 Å². The number of hydrogen-bond donors (Lipinski definition) is 2. The van der Waals surface area contributed by atoms with Gasteiger partial charge in [0.1, 0.15) is 0 Å². The molecule has 3 heteroatoms. The van der Waals surface area contributed by atoms with Crippen molar-refractivity contribution in [2.45, 2.75) is 4.21 Å². The lowest BCUT2D eigenvalue weighted by Crippen LogP contribution is -1.74. The summed E-state index contributed by atoms with van der Waals surface area (Å²) >= 11 is 5.59. The van der Waals surface area contributed by atoms with Gasteiger partial charge in [0.05, 0.1) is 4.21 Å². The Morgan fingerprint density at radius 2 is 2.43 bits per heavy atom. The Kier molecular flexibility index (Phi) is 1.25. The van der Waals surface area contributed by atoms with Crippen LogP contribution in [0.25, 0.3) is 0 Å². The summed E-state index contributed by atoms with van der Waals surface area (Å²) in [7, 11) is 0. The van der Waals surface area contributed by atoms with Crippen LogP contribution in [0, 0.1) is 0 Å². The van der Waals surface area contributed by atoms with Crippen LogP contribution < -0.4 is 5.73 Å². The number of nitrogen functional groups attached to an aromatic ring is 1. The molecule has 0 saturated heterocycles. The molecule has 0 unspecified atom stereocenters. The molecule has 1 aromatic heterocycles.